The lowest BCUT2D eigenvalue weighted by Crippen LogP contribution is -2.32. The highest BCUT2D eigenvalue weighted by molar-refractivity contribution is 8.01. The third kappa shape index (κ3) is 4.65. The second kappa shape index (κ2) is 6.35. The van der Waals surface area contributed by atoms with Crippen molar-refractivity contribution in [3.8, 4) is 0 Å². The zero-order valence-electron chi connectivity index (χ0n) is 8.39. The molecule has 0 saturated heterocycles. The Balaban J connectivity index is 3.87. The van der Waals surface area contributed by atoms with Crippen LogP contribution in [-0.2, 0) is 4.79 Å². The molecule has 12 heavy (non-hydrogen) atoms. The summed E-state index contributed by atoms with van der Waals surface area (Å²) >= 11 is 1.74. The van der Waals surface area contributed by atoms with E-state index in [2.05, 4.69) is 26.1 Å². The molecule has 0 radical (unpaired) electrons. The molecule has 0 bridgehead atoms. The molecular formula is C9H19NOS. The molecule has 72 valence electrons. The van der Waals surface area contributed by atoms with Gasteiger partial charge < -0.3 is 5.32 Å². The van der Waals surface area contributed by atoms with Gasteiger partial charge in [-0.1, -0.05) is 20.8 Å². The molecule has 3 heteroatoms. The minimum atomic E-state index is 0.130. The standard InChI is InChI=1S/C9H19NOS/c1-5-8(12-7(3)4)9(11)10-6-2/h7-8H,5-6H2,1-4H3,(H,10,11). The van der Waals surface area contributed by atoms with Crippen molar-refractivity contribution in [2.24, 2.45) is 0 Å². The summed E-state index contributed by atoms with van der Waals surface area (Å²) in [4.78, 5) is 11.4. The van der Waals surface area contributed by atoms with E-state index in [1.807, 2.05) is 6.92 Å². The first-order valence-corrected chi connectivity index (χ1v) is 5.49. The monoisotopic (exact) mass is 189 g/mol. The summed E-state index contributed by atoms with van der Waals surface area (Å²) in [7, 11) is 0. The fourth-order valence-electron chi connectivity index (χ4n) is 0.960. The van der Waals surface area contributed by atoms with Gasteiger partial charge in [0.2, 0.25) is 5.91 Å². The normalized spacial score (nSPS) is 13.1. The summed E-state index contributed by atoms with van der Waals surface area (Å²) in [6.45, 7) is 8.97. The Bertz CT molecular complexity index is 136. The highest BCUT2D eigenvalue weighted by atomic mass is 32.2. The SMILES string of the molecule is CCNC(=O)C(CC)SC(C)C. The van der Waals surface area contributed by atoms with Crippen LogP contribution in [-0.4, -0.2) is 23.0 Å². The van der Waals surface area contributed by atoms with Gasteiger partial charge >= 0.3 is 0 Å². The van der Waals surface area contributed by atoms with Crippen LogP contribution < -0.4 is 5.32 Å². The predicted molar refractivity (Wildman–Crippen MR) is 55.5 cm³/mol. The molecule has 1 amide bonds. The van der Waals surface area contributed by atoms with Crippen LogP contribution in [0.1, 0.15) is 34.1 Å². The molecule has 0 heterocycles. The Labute approximate surface area is 79.5 Å². The Kier molecular flexibility index (Phi) is 6.25. The number of hydrogen-bond donors (Lipinski definition) is 1. The molecular weight excluding hydrogens is 170 g/mol. The fourth-order valence-corrected chi connectivity index (χ4v) is 2.02. The molecule has 0 aliphatic rings. The molecule has 1 unspecified atom stereocenters. The van der Waals surface area contributed by atoms with Crippen molar-refractivity contribution >= 4 is 17.7 Å². The molecule has 2 nitrogen and oxygen atoms in total. The molecule has 0 aromatic rings. The van der Waals surface area contributed by atoms with Gasteiger partial charge in [-0.2, -0.15) is 0 Å². The molecule has 0 aliphatic heterocycles. The van der Waals surface area contributed by atoms with E-state index < -0.39 is 0 Å². The highest BCUT2D eigenvalue weighted by Gasteiger charge is 2.16. The average Bonchev–Trinajstić information content (AvgIpc) is 2.00. The van der Waals surface area contributed by atoms with E-state index in [9.17, 15) is 4.79 Å². The molecule has 0 spiro atoms. The van der Waals surface area contributed by atoms with Gasteiger partial charge in [-0.3, -0.25) is 4.79 Å². The van der Waals surface area contributed by atoms with Gasteiger partial charge in [0.15, 0.2) is 0 Å². The molecule has 0 aromatic carbocycles. The van der Waals surface area contributed by atoms with Crippen LogP contribution in [0.3, 0.4) is 0 Å². The summed E-state index contributed by atoms with van der Waals surface area (Å²) in [5, 5.41) is 3.50. The van der Waals surface area contributed by atoms with E-state index in [0.717, 1.165) is 13.0 Å². The van der Waals surface area contributed by atoms with E-state index in [4.69, 9.17) is 0 Å². The summed E-state index contributed by atoms with van der Waals surface area (Å²) in [5.74, 6) is 0.179. The van der Waals surface area contributed by atoms with Crippen LogP contribution in [0.25, 0.3) is 0 Å². The van der Waals surface area contributed by atoms with Crippen LogP contribution in [0.15, 0.2) is 0 Å². The molecule has 0 aliphatic carbocycles. The Morgan fingerprint density at radius 3 is 2.33 bits per heavy atom. The van der Waals surface area contributed by atoms with Gasteiger partial charge in [0.1, 0.15) is 0 Å². The third-order valence-corrected chi connectivity index (χ3v) is 2.87. The van der Waals surface area contributed by atoms with Crippen LogP contribution in [0.4, 0.5) is 0 Å². The topological polar surface area (TPSA) is 29.1 Å². The van der Waals surface area contributed by atoms with Gasteiger partial charge in [0, 0.05) is 6.54 Å². The van der Waals surface area contributed by atoms with Crippen LogP contribution in [0.5, 0.6) is 0 Å². The van der Waals surface area contributed by atoms with Crippen molar-refractivity contribution in [3.63, 3.8) is 0 Å². The average molecular weight is 189 g/mol. The smallest absolute Gasteiger partial charge is 0.233 e. The largest absolute Gasteiger partial charge is 0.355 e. The van der Waals surface area contributed by atoms with Gasteiger partial charge in [-0.15, -0.1) is 11.8 Å². The Morgan fingerprint density at radius 2 is 2.00 bits per heavy atom. The van der Waals surface area contributed by atoms with Gasteiger partial charge in [0.25, 0.3) is 0 Å². The number of carbonyl (C=O) groups is 1. The molecule has 0 rings (SSSR count). The van der Waals surface area contributed by atoms with Crippen LogP contribution in [0.2, 0.25) is 0 Å². The third-order valence-electron chi connectivity index (χ3n) is 1.45. The zero-order valence-corrected chi connectivity index (χ0v) is 9.20. The molecule has 0 fully saturated rings. The maximum atomic E-state index is 11.4. The van der Waals surface area contributed by atoms with Crippen molar-refractivity contribution < 1.29 is 4.79 Å². The van der Waals surface area contributed by atoms with Crippen molar-refractivity contribution in [1.29, 1.82) is 0 Å². The van der Waals surface area contributed by atoms with Crippen molar-refractivity contribution in [3.05, 3.63) is 0 Å². The number of hydrogen-bond acceptors (Lipinski definition) is 2. The van der Waals surface area contributed by atoms with E-state index in [1.165, 1.54) is 0 Å². The zero-order chi connectivity index (χ0) is 9.56. The summed E-state index contributed by atoms with van der Waals surface area (Å²) in [6.07, 6.45) is 0.911. The quantitative estimate of drug-likeness (QED) is 0.717. The van der Waals surface area contributed by atoms with Gasteiger partial charge in [0.05, 0.1) is 5.25 Å². The van der Waals surface area contributed by atoms with E-state index in [-0.39, 0.29) is 11.2 Å². The fraction of sp³-hybridized carbons (Fsp3) is 0.889. The van der Waals surface area contributed by atoms with Crippen LogP contribution >= 0.6 is 11.8 Å². The maximum Gasteiger partial charge on any atom is 0.233 e. The number of amides is 1. The van der Waals surface area contributed by atoms with E-state index in [1.54, 1.807) is 11.8 Å². The summed E-state index contributed by atoms with van der Waals surface area (Å²) in [5.41, 5.74) is 0. The van der Waals surface area contributed by atoms with Gasteiger partial charge in [-0.25, -0.2) is 0 Å². The molecule has 1 N–H and O–H groups in total. The molecule has 0 aromatic heterocycles. The second-order valence-corrected chi connectivity index (χ2v) is 4.76. The second-order valence-electron chi connectivity index (χ2n) is 2.98. The van der Waals surface area contributed by atoms with Crippen molar-refractivity contribution in [2.45, 2.75) is 44.6 Å². The van der Waals surface area contributed by atoms with Gasteiger partial charge in [-0.05, 0) is 18.6 Å². The first kappa shape index (κ1) is 11.8. The number of rotatable bonds is 5. The first-order chi connectivity index (χ1) is 5.61. The van der Waals surface area contributed by atoms with Crippen LogP contribution in [0, 0.1) is 0 Å². The summed E-state index contributed by atoms with van der Waals surface area (Å²) in [6, 6.07) is 0. The van der Waals surface area contributed by atoms with E-state index >= 15 is 0 Å². The van der Waals surface area contributed by atoms with E-state index in [0.29, 0.717) is 5.25 Å². The highest BCUT2D eigenvalue weighted by Crippen LogP contribution is 2.19. The minimum Gasteiger partial charge on any atom is -0.355 e. The maximum absolute atomic E-state index is 11.4. The Hall–Kier alpha value is -0.180. The lowest BCUT2D eigenvalue weighted by molar-refractivity contribution is -0.120. The molecule has 1 atom stereocenters. The minimum absolute atomic E-state index is 0.130. The lowest BCUT2D eigenvalue weighted by Gasteiger charge is -2.15. The van der Waals surface area contributed by atoms with Crippen molar-refractivity contribution in [1.82, 2.24) is 5.32 Å². The lowest BCUT2D eigenvalue weighted by atomic mass is 10.3. The Morgan fingerprint density at radius 1 is 1.42 bits per heavy atom. The number of carbonyl (C=O) groups excluding carboxylic acids is 1. The first-order valence-electron chi connectivity index (χ1n) is 4.54. The molecule has 0 saturated carbocycles. The predicted octanol–water partition coefficient (Wildman–Crippen LogP) is 2.04. The number of nitrogens with one attached hydrogen (secondary N) is 1. The van der Waals surface area contributed by atoms with Crippen molar-refractivity contribution in [2.75, 3.05) is 6.54 Å². The summed E-state index contributed by atoms with van der Waals surface area (Å²) < 4.78 is 0. The number of thioether (sulfide) groups is 1.